The number of carbonyl (C=O) groups is 1. The molecule has 2 heterocycles. The van der Waals surface area contributed by atoms with E-state index >= 15 is 0 Å². The standard InChI is InChI=1S/C19H23N5O/c1-14-18(15(2)22(3)21-14)13-23-7-9-24(10-8-23)19(25)17-6-4-5-16(11-17)12-20/h4-6,11H,7-10,13H2,1-3H3. The van der Waals surface area contributed by atoms with Gasteiger partial charge in [0.05, 0.1) is 17.3 Å². The van der Waals surface area contributed by atoms with Gasteiger partial charge in [0.25, 0.3) is 5.91 Å². The first-order valence-corrected chi connectivity index (χ1v) is 8.50. The van der Waals surface area contributed by atoms with E-state index in [1.54, 1.807) is 24.3 Å². The molecule has 0 saturated carbocycles. The summed E-state index contributed by atoms with van der Waals surface area (Å²) < 4.78 is 1.92. The van der Waals surface area contributed by atoms with Gasteiger partial charge in [-0.15, -0.1) is 0 Å². The lowest BCUT2D eigenvalue weighted by atomic mass is 10.1. The van der Waals surface area contributed by atoms with Crippen LogP contribution in [0.15, 0.2) is 24.3 Å². The van der Waals surface area contributed by atoms with Gasteiger partial charge >= 0.3 is 0 Å². The lowest BCUT2D eigenvalue weighted by molar-refractivity contribution is 0.0628. The zero-order valence-electron chi connectivity index (χ0n) is 15.0. The number of aryl methyl sites for hydroxylation is 2. The smallest absolute Gasteiger partial charge is 0.253 e. The summed E-state index contributed by atoms with van der Waals surface area (Å²) in [6, 6.07) is 9.00. The molecule has 0 N–H and O–H groups in total. The van der Waals surface area contributed by atoms with Crippen LogP contribution in [0.25, 0.3) is 0 Å². The van der Waals surface area contributed by atoms with Crippen LogP contribution < -0.4 is 0 Å². The van der Waals surface area contributed by atoms with Crippen LogP contribution in [0.3, 0.4) is 0 Å². The molecule has 3 rings (SSSR count). The molecule has 0 aliphatic carbocycles. The molecule has 0 bridgehead atoms. The molecule has 25 heavy (non-hydrogen) atoms. The van der Waals surface area contributed by atoms with Crippen molar-refractivity contribution in [1.82, 2.24) is 19.6 Å². The fraction of sp³-hybridized carbons (Fsp3) is 0.421. The van der Waals surface area contributed by atoms with Crippen molar-refractivity contribution >= 4 is 5.91 Å². The monoisotopic (exact) mass is 337 g/mol. The van der Waals surface area contributed by atoms with E-state index in [1.807, 2.05) is 23.6 Å². The normalized spacial score (nSPS) is 15.2. The summed E-state index contributed by atoms with van der Waals surface area (Å²) in [6.45, 7) is 8.11. The molecule has 0 radical (unpaired) electrons. The number of hydrogen-bond acceptors (Lipinski definition) is 4. The quantitative estimate of drug-likeness (QED) is 0.858. The molecule has 1 aliphatic heterocycles. The third kappa shape index (κ3) is 3.57. The Morgan fingerprint density at radius 2 is 1.96 bits per heavy atom. The lowest BCUT2D eigenvalue weighted by Crippen LogP contribution is -2.48. The molecule has 6 nitrogen and oxygen atoms in total. The second-order valence-electron chi connectivity index (χ2n) is 6.53. The van der Waals surface area contributed by atoms with Gasteiger partial charge in [-0.25, -0.2) is 0 Å². The second-order valence-corrected chi connectivity index (χ2v) is 6.53. The number of benzene rings is 1. The van der Waals surface area contributed by atoms with E-state index in [0.29, 0.717) is 24.2 Å². The van der Waals surface area contributed by atoms with Gasteiger partial charge in [0.1, 0.15) is 0 Å². The molecule has 1 aromatic carbocycles. The Morgan fingerprint density at radius 3 is 2.56 bits per heavy atom. The van der Waals surface area contributed by atoms with Crippen molar-refractivity contribution in [1.29, 1.82) is 5.26 Å². The van der Waals surface area contributed by atoms with Crippen molar-refractivity contribution in [2.24, 2.45) is 7.05 Å². The minimum Gasteiger partial charge on any atom is -0.336 e. The van der Waals surface area contributed by atoms with E-state index in [0.717, 1.165) is 25.3 Å². The van der Waals surface area contributed by atoms with Crippen LogP contribution >= 0.6 is 0 Å². The highest BCUT2D eigenvalue weighted by Gasteiger charge is 2.23. The number of rotatable bonds is 3. The number of nitriles is 1. The minimum absolute atomic E-state index is 0.00508. The average Bonchev–Trinajstić information content (AvgIpc) is 2.88. The molecule has 130 valence electrons. The number of nitrogens with zero attached hydrogens (tertiary/aromatic N) is 5. The summed E-state index contributed by atoms with van der Waals surface area (Å²) in [7, 11) is 1.97. The van der Waals surface area contributed by atoms with E-state index in [9.17, 15) is 4.79 Å². The molecule has 6 heteroatoms. The second kappa shape index (κ2) is 7.08. The maximum atomic E-state index is 12.6. The van der Waals surface area contributed by atoms with Crippen molar-refractivity contribution in [2.75, 3.05) is 26.2 Å². The molecule has 0 spiro atoms. The maximum absolute atomic E-state index is 12.6. The molecule has 1 aliphatic rings. The van der Waals surface area contributed by atoms with Gasteiger partial charge in [-0.3, -0.25) is 14.4 Å². The first-order chi connectivity index (χ1) is 12.0. The summed E-state index contributed by atoms with van der Waals surface area (Å²) in [4.78, 5) is 16.9. The first kappa shape index (κ1) is 17.2. The molecule has 2 aromatic rings. The summed E-state index contributed by atoms with van der Waals surface area (Å²) in [6.07, 6.45) is 0. The molecule has 1 amide bonds. The molecule has 1 fully saturated rings. The summed E-state index contributed by atoms with van der Waals surface area (Å²) in [5.41, 5.74) is 4.67. The molecule has 1 aromatic heterocycles. The molecular weight excluding hydrogens is 314 g/mol. The predicted octanol–water partition coefficient (Wildman–Crippen LogP) is 1.87. The van der Waals surface area contributed by atoms with Gasteiger partial charge in [-0.2, -0.15) is 10.4 Å². The fourth-order valence-electron chi connectivity index (χ4n) is 3.28. The van der Waals surface area contributed by atoms with E-state index < -0.39 is 0 Å². The van der Waals surface area contributed by atoms with Crippen molar-refractivity contribution in [3.63, 3.8) is 0 Å². The van der Waals surface area contributed by atoms with Gasteiger partial charge < -0.3 is 4.90 Å². The number of carbonyl (C=O) groups excluding carboxylic acids is 1. The highest BCUT2D eigenvalue weighted by molar-refractivity contribution is 5.94. The van der Waals surface area contributed by atoms with Crippen LogP contribution in [0.5, 0.6) is 0 Å². The zero-order chi connectivity index (χ0) is 18.0. The number of amides is 1. The van der Waals surface area contributed by atoms with E-state index in [4.69, 9.17) is 5.26 Å². The third-order valence-corrected chi connectivity index (χ3v) is 4.94. The molecule has 0 atom stereocenters. The largest absolute Gasteiger partial charge is 0.336 e. The molecular formula is C19H23N5O. The van der Waals surface area contributed by atoms with E-state index in [1.165, 1.54) is 11.3 Å². The van der Waals surface area contributed by atoms with Crippen LogP contribution in [0.4, 0.5) is 0 Å². The Hall–Kier alpha value is -2.65. The van der Waals surface area contributed by atoms with Crippen LogP contribution in [0.2, 0.25) is 0 Å². The van der Waals surface area contributed by atoms with Crippen LogP contribution in [0, 0.1) is 25.2 Å². The number of aromatic nitrogens is 2. The van der Waals surface area contributed by atoms with Gasteiger partial charge in [0.15, 0.2) is 0 Å². The molecule has 0 unspecified atom stereocenters. The topological polar surface area (TPSA) is 65.2 Å². The van der Waals surface area contributed by atoms with Gasteiger partial charge in [-0.05, 0) is 32.0 Å². The van der Waals surface area contributed by atoms with E-state index in [-0.39, 0.29) is 5.91 Å². The maximum Gasteiger partial charge on any atom is 0.253 e. The van der Waals surface area contributed by atoms with Crippen molar-refractivity contribution in [3.05, 3.63) is 52.3 Å². The SMILES string of the molecule is Cc1nn(C)c(C)c1CN1CCN(C(=O)c2cccc(C#N)c2)CC1. The summed E-state index contributed by atoms with van der Waals surface area (Å²) >= 11 is 0. The van der Waals surface area contributed by atoms with Crippen LogP contribution in [0.1, 0.15) is 32.9 Å². The highest BCUT2D eigenvalue weighted by Crippen LogP contribution is 2.17. The first-order valence-electron chi connectivity index (χ1n) is 8.50. The summed E-state index contributed by atoms with van der Waals surface area (Å²) in [5.74, 6) is 0.00508. The fourth-order valence-corrected chi connectivity index (χ4v) is 3.28. The number of hydrogen-bond donors (Lipinski definition) is 0. The lowest BCUT2D eigenvalue weighted by Gasteiger charge is -2.34. The Kier molecular flexibility index (Phi) is 4.86. The van der Waals surface area contributed by atoms with Crippen molar-refractivity contribution in [3.8, 4) is 6.07 Å². The highest BCUT2D eigenvalue weighted by atomic mass is 16.2. The van der Waals surface area contributed by atoms with Gasteiger partial charge in [-0.1, -0.05) is 6.07 Å². The van der Waals surface area contributed by atoms with Crippen LogP contribution in [-0.2, 0) is 13.6 Å². The Morgan fingerprint density at radius 1 is 1.24 bits per heavy atom. The minimum atomic E-state index is 0.00508. The third-order valence-electron chi connectivity index (χ3n) is 4.94. The molecule has 1 saturated heterocycles. The zero-order valence-corrected chi connectivity index (χ0v) is 15.0. The van der Waals surface area contributed by atoms with Gasteiger partial charge in [0.2, 0.25) is 0 Å². The Balaban J connectivity index is 1.61. The van der Waals surface area contributed by atoms with Gasteiger partial charge in [0, 0.05) is 56.6 Å². The Labute approximate surface area is 148 Å². The average molecular weight is 337 g/mol. The van der Waals surface area contributed by atoms with Crippen molar-refractivity contribution in [2.45, 2.75) is 20.4 Å². The van der Waals surface area contributed by atoms with Crippen molar-refractivity contribution < 1.29 is 4.79 Å². The predicted molar refractivity (Wildman–Crippen MR) is 95.0 cm³/mol. The van der Waals surface area contributed by atoms with E-state index in [2.05, 4.69) is 23.0 Å². The van der Waals surface area contributed by atoms with Crippen LogP contribution in [-0.4, -0.2) is 51.7 Å². The Bertz CT molecular complexity index is 825. The number of piperazine rings is 1. The summed E-state index contributed by atoms with van der Waals surface area (Å²) in [5, 5.41) is 13.5.